The molecule has 0 radical (unpaired) electrons. The van der Waals surface area contributed by atoms with Crippen LogP contribution in [0.2, 0.25) is 0 Å². The van der Waals surface area contributed by atoms with Gasteiger partial charge in [0.15, 0.2) is 0 Å². The fraction of sp³-hybridized carbons (Fsp3) is 0.375. The van der Waals surface area contributed by atoms with Crippen molar-refractivity contribution in [1.82, 2.24) is 9.38 Å². The molecule has 0 unspecified atom stereocenters. The van der Waals surface area contributed by atoms with Gasteiger partial charge < -0.3 is 15.7 Å². The number of carboxylic acid groups (broad SMARTS) is 1. The molecule has 7 heteroatoms. The Morgan fingerprint density at radius 2 is 1.90 bits per heavy atom. The molecule has 4 rings (SSSR count). The molecule has 1 saturated carbocycles. The fourth-order valence-corrected chi connectivity index (χ4v) is 3.99. The lowest BCUT2D eigenvalue weighted by Crippen LogP contribution is -2.26. The van der Waals surface area contributed by atoms with Crippen molar-refractivity contribution in [2.75, 3.05) is 10.6 Å². The number of aromatic nitrogens is 2. The van der Waals surface area contributed by atoms with Crippen LogP contribution in [-0.2, 0) is 0 Å². The molecule has 2 atom stereocenters. The Morgan fingerprint density at radius 3 is 2.58 bits per heavy atom. The smallest absolute Gasteiger partial charge is 0.337 e. The molecule has 0 bridgehead atoms. The lowest BCUT2D eigenvalue weighted by atomic mass is 10.1. The maximum Gasteiger partial charge on any atom is 0.337 e. The van der Waals surface area contributed by atoms with Crippen molar-refractivity contribution >= 4 is 23.1 Å². The highest BCUT2D eigenvalue weighted by Gasteiger charge is 2.29. The molecule has 0 spiro atoms. The van der Waals surface area contributed by atoms with Gasteiger partial charge in [-0.25, -0.2) is 9.78 Å². The van der Waals surface area contributed by atoms with E-state index in [1.54, 1.807) is 41.8 Å². The largest absolute Gasteiger partial charge is 0.478 e. The van der Waals surface area contributed by atoms with E-state index in [1.807, 2.05) is 19.9 Å². The Balaban J connectivity index is 1.78. The molecule has 1 fully saturated rings. The maximum atomic E-state index is 13.1. The summed E-state index contributed by atoms with van der Waals surface area (Å²) in [4.78, 5) is 29.6. The van der Waals surface area contributed by atoms with E-state index in [-0.39, 0.29) is 23.2 Å². The monoisotopic (exact) mass is 420 g/mol. The first kappa shape index (κ1) is 20.9. The van der Waals surface area contributed by atoms with E-state index in [0.29, 0.717) is 28.6 Å². The highest BCUT2D eigenvalue weighted by molar-refractivity contribution is 5.94. The van der Waals surface area contributed by atoms with Gasteiger partial charge in [-0.1, -0.05) is 12.1 Å². The van der Waals surface area contributed by atoms with Crippen LogP contribution in [0.5, 0.6) is 0 Å². The Hall–Kier alpha value is -3.35. The summed E-state index contributed by atoms with van der Waals surface area (Å²) in [5.74, 6) is 0.257. The van der Waals surface area contributed by atoms with Gasteiger partial charge in [-0.15, -0.1) is 0 Å². The van der Waals surface area contributed by atoms with E-state index in [2.05, 4.69) is 17.6 Å². The van der Waals surface area contributed by atoms with E-state index in [4.69, 9.17) is 4.98 Å². The average molecular weight is 421 g/mol. The standard InChI is InChI=1S/C24H28N4O3/c1-13-11-19(16(4)25-20-8-6-5-7-18(20)24(30)31)22-27-21(26-15(3)17-9-10-17)14(2)23(29)28(22)12-13/h5-8,11-12,15-17,25-26H,9-10H2,1-4H3,(H,30,31)/t15-,16+/m0/s1. The predicted molar refractivity (Wildman–Crippen MR) is 122 cm³/mol. The van der Waals surface area contributed by atoms with Crippen molar-refractivity contribution in [2.24, 2.45) is 5.92 Å². The van der Waals surface area contributed by atoms with E-state index < -0.39 is 5.97 Å². The molecule has 7 nitrogen and oxygen atoms in total. The van der Waals surface area contributed by atoms with Gasteiger partial charge in [0, 0.05) is 23.5 Å². The average Bonchev–Trinajstić information content (AvgIpc) is 3.57. The normalized spacial score (nSPS) is 15.5. The van der Waals surface area contributed by atoms with E-state index in [9.17, 15) is 14.7 Å². The summed E-state index contributed by atoms with van der Waals surface area (Å²) in [5, 5.41) is 16.2. The molecule has 3 N–H and O–H groups in total. The third-order valence-corrected chi connectivity index (χ3v) is 6.00. The fourth-order valence-electron chi connectivity index (χ4n) is 3.99. The van der Waals surface area contributed by atoms with Crippen LogP contribution in [0.3, 0.4) is 0 Å². The second kappa shape index (κ2) is 8.06. The first-order chi connectivity index (χ1) is 14.8. The Bertz CT molecular complexity index is 1210. The summed E-state index contributed by atoms with van der Waals surface area (Å²) in [7, 11) is 0. The van der Waals surface area contributed by atoms with Crippen LogP contribution in [0, 0.1) is 19.8 Å². The van der Waals surface area contributed by atoms with Crippen LogP contribution in [0.25, 0.3) is 5.65 Å². The highest BCUT2D eigenvalue weighted by atomic mass is 16.4. The number of hydrogen-bond acceptors (Lipinski definition) is 5. The first-order valence-electron chi connectivity index (χ1n) is 10.6. The second-order valence-corrected chi connectivity index (χ2v) is 8.54. The molecule has 3 aromatic rings. The number of fused-ring (bicyclic) bond motifs is 1. The highest BCUT2D eigenvalue weighted by Crippen LogP contribution is 2.34. The van der Waals surface area contributed by atoms with E-state index in [0.717, 1.165) is 11.1 Å². The van der Waals surface area contributed by atoms with Crippen molar-refractivity contribution in [3.63, 3.8) is 0 Å². The van der Waals surface area contributed by atoms with Crippen molar-refractivity contribution < 1.29 is 9.90 Å². The molecule has 0 aliphatic heterocycles. The molecule has 31 heavy (non-hydrogen) atoms. The molecule has 0 saturated heterocycles. The zero-order valence-electron chi connectivity index (χ0n) is 18.3. The number of anilines is 2. The SMILES string of the molecule is Cc1cc([C@@H](C)Nc2ccccc2C(=O)O)c2nc(N[C@@H](C)C3CC3)c(C)c(=O)n2c1. The minimum absolute atomic E-state index is 0.0985. The van der Waals surface area contributed by atoms with Gasteiger partial charge in [-0.3, -0.25) is 9.20 Å². The van der Waals surface area contributed by atoms with Gasteiger partial charge in [0.1, 0.15) is 11.5 Å². The maximum absolute atomic E-state index is 13.1. The summed E-state index contributed by atoms with van der Waals surface area (Å²) in [6.07, 6.45) is 4.20. The van der Waals surface area contributed by atoms with Crippen molar-refractivity contribution in [1.29, 1.82) is 0 Å². The molecule has 2 heterocycles. The summed E-state index contributed by atoms with van der Waals surface area (Å²) >= 11 is 0. The van der Waals surface area contributed by atoms with Gasteiger partial charge in [0.05, 0.1) is 17.2 Å². The second-order valence-electron chi connectivity index (χ2n) is 8.54. The molecule has 0 amide bonds. The molecule has 162 valence electrons. The van der Waals surface area contributed by atoms with Gasteiger partial charge >= 0.3 is 5.97 Å². The van der Waals surface area contributed by atoms with Crippen LogP contribution in [-0.4, -0.2) is 26.5 Å². The predicted octanol–water partition coefficient (Wildman–Crippen LogP) is 4.39. The number of nitrogens with one attached hydrogen (secondary N) is 2. The van der Waals surface area contributed by atoms with Crippen LogP contribution < -0.4 is 16.2 Å². The summed E-state index contributed by atoms with van der Waals surface area (Å²) in [6, 6.07) is 8.80. The minimum atomic E-state index is -0.991. The van der Waals surface area contributed by atoms with Crippen molar-refractivity contribution in [3.8, 4) is 0 Å². The number of carboxylic acids is 1. The number of nitrogens with zero attached hydrogens (tertiary/aromatic N) is 2. The number of benzene rings is 1. The van der Waals surface area contributed by atoms with Gasteiger partial charge in [-0.2, -0.15) is 0 Å². The molecule has 2 aromatic heterocycles. The Kier molecular flexibility index (Phi) is 5.43. The Morgan fingerprint density at radius 1 is 1.19 bits per heavy atom. The summed E-state index contributed by atoms with van der Waals surface area (Å²) < 4.78 is 1.59. The third kappa shape index (κ3) is 4.13. The van der Waals surface area contributed by atoms with Gasteiger partial charge in [-0.05, 0) is 70.2 Å². The van der Waals surface area contributed by atoms with Crippen molar-refractivity contribution in [2.45, 2.75) is 52.6 Å². The van der Waals surface area contributed by atoms with Crippen LogP contribution in [0.1, 0.15) is 59.8 Å². The summed E-state index contributed by atoms with van der Waals surface area (Å²) in [5.41, 5.74) is 3.55. The summed E-state index contributed by atoms with van der Waals surface area (Å²) in [6.45, 7) is 7.81. The number of para-hydroxylation sites is 1. The van der Waals surface area contributed by atoms with E-state index >= 15 is 0 Å². The third-order valence-electron chi connectivity index (χ3n) is 6.00. The van der Waals surface area contributed by atoms with Crippen molar-refractivity contribution in [3.05, 3.63) is 69.1 Å². The number of hydrogen-bond donors (Lipinski definition) is 3. The first-order valence-corrected chi connectivity index (χ1v) is 10.6. The quantitative estimate of drug-likeness (QED) is 0.525. The van der Waals surface area contributed by atoms with Crippen LogP contribution in [0.4, 0.5) is 11.5 Å². The number of carbonyl (C=O) groups is 1. The van der Waals surface area contributed by atoms with Crippen LogP contribution >= 0.6 is 0 Å². The number of aromatic carboxylic acids is 1. The number of aryl methyl sites for hydroxylation is 1. The minimum Gasteiger partial charge on any atom is -0.478 e. The molecule has 1 aromatic carbocycles. The Labute approximate surface area is 181 Å². The zero-order valence-corrected chi connectivity index (χ0v) is 18.3. The number of rotatable bonds is 7. The topological polar surface area (TPSA) is 95.7 Å². The zero-order chi connectivity index (χ0) is 22.3. The molecular weight excluding hydrogens is 392 g/mol. The van der Waals surface area contributed by atoms with Gasteiger partial charge in [0.2, 0.25) is 0 Å². The molecule has 1 aliphatic carbocycles. The molecular formula is C24H28N4O3. The lowest BCUT2D eigenvalue weighted by Gasteiger charge is -2.21. The lowest BCUT2D eigenvalue weighted by molar-refractivity contribution is 0.0698. The number of pyridine rings is 1. The van der Waals surface area contributed by atoms with Crippen LogP contribution in [0.15, 0.2) is 41.3 Å². The van der Waals surface area contributed by atoms with Gasteiger partial charge in [0.25, 0.3) is 5.56 Å². The molecule has 1 aliphatic rings. The van der Waals surface area contributed by atoms with E-state index in [1.165, 1.54) is 12.8 Å².